The van der Waals surface area contributed by atoms with Gasteiger partial charge >= 0.3 is 7.60 Å². The summed E-state index contributed by atoms with van der Waals surface area (Å²) in [4.78, 5) is 12.3. The average Bonchev–Trinajstić information content (AvgIpc) is 2.90. The molecule has 1 aliphatic rings. The molecule has 0 aromatic heterocycles. The maximum atomic E-state index is 14.1. The molecule has 1 N–H and O–H groups in total. The highest BCUT2D eigenvalue weighted by atomic mass is 79.9. The van der Waals surface area contributed by atoms with E-state index in [1.54, 1.807) is 6.07 Å². The van der Waals surface area contributed by atoms with Crippen LogP contribution >= 0.6 is 23.5 Å². The Balaban J connectivity index is 2.08. The number of sulfonamides is 1. The number of nitrogens with one attached hydrogen (secondary N) is 1. The number of ketones is 1. The lowest BCUT2D eigenvalue weighted by Gasteiger charge is -2.39. The summed E-state index contributed by atoms with van der Waals surface area (Å²) in [7, 11) is -11.5. The Morgan fingerprint density at radius 1 is 0.811 bits per heavy atom. The molecule has 0 spiro atoms. The van der Waals surface area contributed by atoms with Gasteiger partial charge in [-0.1, -0.05) is 58.4 Å². The number of carbonyl (C=O) groups excluding carboxylic acids is 1. The number of hydrogen-bond acceptors (Lipinski definition) is 8. The second-order valence-corrected chi connectivity index (χ2v) is 14.8. The van der Waals surface area contributed by atoms with Gasteiger partial charge in [-0.25, -0.2) is 16.8 Å². The van der Waals surface area contributed by atoms with Gasteiger partial charge in [0.25, 0.3) is 0 Å². The van der Waals surface area contributed by atoms with E-state index >= 15 is 0 Å². The van der Waals surface area contributed by atoms with Crippen molar-refractivity contribution in [3.63, 3.8) is 0 Å². The largest absolute Gasteiger partial charge is 0.359 e. The minimum absolute atomic E-state index is 0.0836. The Morgan fingerprint density at radius 3 is 1.97 bits per heavy atom. The van der Waals surface area contributed by atoms with Crippen LogP contribution in [-0.4, -0.2) is 36.8 Å². The molecule has 0 heterocycles. The number of carbonyl (C=O) groups is 1. The van der Waals surface area contributed by atoms with Crippen molar-refractivity contribution >= 4 is 49.2 Å². The Bertz CT molecular complexity index is 1650. The topological polar surface area (TPSA) is 133 Å². The molecule has 1 atom stereocenters. The number of hydrogen-bond donors (Lipinski definition) is 1. The summed E-state index contributed by atoms with van der Waals surface area (Å²) in [5.41, 5.74) is -0.257. The van der Waals surface area contributed by atoms with Gasteiger partial charge in [0.05, 0.1) is 9.79 Å². The molecule has 1 aliphatic carbocycles. The monoisotopic (exact) mass is 625 g/mol. The molecule has 0 radical (unpaired) electrons. The second-order valence-electron chi connectivity index (χ2n) is 7.89. The third-order valence-corrected chi connectivity index (χ3v) is 12.1. The summed E-state index contributed by atoms with van der Waals surface area (Å²) in [6, 6.07) is 18.4. The van der Waals surface area contributed by atoms with Crippen molar-refractivity contribution in [2.45, 2.75) is 15.1 Å². The van der Waals surface area contributed by atoms with Crippen molar-refractivity contribution in [1.82, 2.24) is 4.72 Å². The lowest BCUT2D eigenvalue weighted by Crippen LogP contribution is -2.48. The van der Waals surface area contributed by atoms with Gasteiger partial charge in [0, 0.05) is 29.8 Å². The van der Waals surface area contributed by atoms with Crippen LogP contribution in [0.15, 0.2) is 104 Å². The first-order valence-corrected chi connectivity index (χ1v) is 15.9. The standard InChI is InChI=1S/C24H21BrNO8PS2/c1-33-35(28,34-2)24(26-37(31,32)19-14-12-17(25)13-15-19)16-22(23(27)20-10-6-7-11-21(20)24)36(29,30)18-8-4-3-5-9-18/h3-16,26H,1-2H3. The number of Topliss-reactive ketones (excluding diaryl/α,β-unsaturated/α-hetero) is 1. The maximum absolute atomic E-state index is 14.1. The molecule has 0 bridgehead atoms. The van der Waals surface area contributed by atoms with Gasteiger partial charge in [0.2, 0.25) is 25.6 Å². The fraction of sp³-hybridized carbons (Fsp3) is 0.125. The highest BCUT2D eigenvalue weighted by Crippen LogP contribution is 2.66. The lowest BCUT2D eigenvalue weighted by atomic mass is 9.92. The van der Waals surface area contributed by atoms with Crippen molar-refractivity contribution < 1.29 is 35.2 Å². The molecular weight excluding hydrogens is 605 g/mol. The van der Waals surface area contributed by atoms with Crippen LogP contribution in [0.4, 0.5) is 0 Å². The van der Waals surface area contributed by atoms with Gasteiger partial charge in [-0.05, 0) is 42.5 Å². The summed E-state index contributed by atoms with van der Waals surface area (Å²) in [6.07, 6.45) is 0.824. The molecule has 194 valence electrons. The number of rotatable bonds is 8. The van der Waals surface area contributed by atoms with Crippen LogP contribution in [0.1, 0.15) is 15.9 Å². The molecule has 13 heteroatoms. The van der Waals surface area contributed by atoms with Crippen molar-refractivity contribution in [3.8, 4) is 0 Å². The predicted molar refractivity (Wildman–Crippen MR) is 140 cm³/mol. The van der Waals surface area contributed by atoms with E-state index in [-0.39, 0.29) is 20.9 Å². The van der Waals surface area contributed by atoms with E-state index in [2.05, 4.69) is 20.7 Å². The van der Waals surface area contributed by atoms with Crippen molar-refractivity contribution in [3.05, 3.63) is 105 Å². The third kappa shape index (κ3) is 4.67. The van der Waals surface area contributed by atoms with Crippen molar-refractivity contribution in [2.24, 2.45) is 0 Å². The minimum Gasteiger partial charge on any atom is -0.310 e. The van der Waals surface area contributed by atoms with E-state index in [0.717, 1.165) is 20.3 Å². The van der Waals surface area contributed by atoms with Crippen LogP contribution in [0, 0.1) is 0 Å². The predicted octanol–water partition coefficient (Wildman–Crippen LogP) is 4.62. The first kappa shape index (κ1) is 27.6. The highest BCUT2D eigenvalue weighted by Gasteiger charge is 2.57. The summed E-state index contributed by atoms with van der Waals surface area (Å²) in [6.45, 7) is 0. The number of benzene rings is 3. The molecular formula is C24H21BrNO8PS2. The quantitative estimate of drug-likeness (QED) is 0.359. The Labute approximate surface area is 223 Å². The maximum Gasteiger partial charge on any atom is 0.359 e. The highest BCUT2D eigenvalue weighted by molar-refractivity contribution is 9.10. The van der Waals surface area contributed by atoms with E-state index in [1.165, 1.54) is 72.8 Å². The summed E-state index contributed by atoms with van der Waals surface area (Å²) < 4.78 is 82.0. The molecule has 1 unspecified atom stereocenters. The molecule has 4 rings (SSSR count). The molecule has 0 aliphatic heterocycles. The van der Waals surface area contributed by atoms with Gasteiger partial charge in [-0.15, -0.1) is 0 Å². The zero-order valence-electron chi connectivity index (χ0n) is 19.5. The molecule has 0 amide bonds. The Hall–Kier alpha value is -2.44. The van der Waals surface area contributed by atoms with Crippen LogP contribution < -0.4 is 4.72 Å². The van der Waals surface area contributed by atoms with Crippen molar-refractivity contribution in [1.29, 1.82) is 0 Å². The van der Waals surface area contributed by atoms with Crippen LogP contribution in [0.2, 0.25) is 0 Å². The first-order chi connectivity index (χ1) is 17.4. The van der Waals surface area contributed by atoms with E-state index < -0.39 is 43.4 Å². The number of sulfone groups is 1. The van der Waals surface area contributed by atoms with Crippen LogP contribution in [-0.2, 0) is 38.8 Å². The first-order valence-electron chi connectivity index (χ1n) is 10.6. The molecule has 0 saturated carbocycles. The van der Waals surface area contributed by atoms with E-state index in [4.69, 9.17) is 9.05 Å². The smallest absolute Gasteiger partial charge is 0.310 e. The number of halogens is 1. The summed E-state index contributed by atoms with van der Waals surface area (Å²) in [5.74, 6) is -0.892. The zero-order chi connectivity index (χ0) is 27.1. The molecule has 3 aromatic rings. The van der Waals surface area contributed by atoms with E-state index in [9.17, 15) is 26.2 Å². The van der Waals surface area contributed by atoms with E-state index in [1.807, 2.05) is 0 Å². The van der Waals surface area contributed by atoms with E-state index in [0.29, 0.717) is 4.47 Å². The third-order valence-electron chi connectivity index (χ3n) is 5.82. The van der Waals surface area contributed by atoms with Gasteiger partial charge in [-0.2, -0.15) is 4.72 Å². The Morgan fingerprint density at radius 2 is 1.38 bits per heavy atom. The normalized spacial score (nSPS) is 18.2. The number of allylic oxidation sites excluding steroid dienone is 1. The summed E-state index contributed by atoms with van der Waals surface area (Å²) in [5, 5.41) is -2.41. The van der Waals surface area contributed by atoms with Gasteiger partial charge < -0.3 is 9.05 Å². The molecule has 0 saturated heterocycles. The van der Waals surface area contributed by atoms with Crippen molar-refractivity contribution in [2.75, 3.05) is 14.2 Å². The zero-order valence-corrected chi connectivity index (χ0v) is 23.6. The molecule has 3 aromatic carbocycles. The van der Waals surface area contributed by atoms with Crippen LogP contribution in [0.3, 0.4) is 0 Å². The summed E-state index contributed by atoms with van der Waals surface area (Å²) >= 11 is 3.24. The lowest BCUT2D eigenvalue weighted by molar-refractivity contribution is 0.103. The average molecular weight is 626 g/mol. The molecule has 37 heavy (non-hydrogen) atoms. The van der Waals surface area contributed by atoms with Crippen LogP contribution in [0.25, 0.3) is 0 Å². The molecule has 9 nitrogen and oxygen atoms in total. The fourth-order valence-corrected chi connectivity index (χ4v) is 9.32. The van der Waals surface area contributed by atoms with Gasteiger partial charge in [0.1, 0.15) is 4.91 Å². The molecule has 0 fully saturated rings. The number of fused-ring (bicyclic) bond motifs is 1. The second kappa shape index (κ2) is 10.0. The van der Waals surface area contributed by atoms with Gasteiger partial charge in [-0.3, -0.25) is 9.36 Å². The fourth-order valence-electron chi connectivity index (χ4n) is 4.01. The SMILES string of the molecule is COP(=O)(OC)C1(NS(=O)(=O)c2ccc(Br)cc2)C=C(S(=O)(=O)c2ccccc2)C(=O)c2ccccc21. The Kier molecular flexibility index (Phi) is 7.48. The van der Waals surface area contributed by atoms with Crippen LogP contribution in [0.5, 0.6) is 0 Å². The minimum atomic E-state index is -4.56. The van der Waals surface area contributed by atoms with Gasteiger partial charge in [0.15, 0.2) is 5.28 Å².